The molecule has 0 amide bonds. The molecule has 0 unspecified atom stereocenters. The quantitative estimate of drug-likeness (QED) is 0.444. The summed E-state index contributed by atoms with van der Waals surface area (Å²) < 4.78 is 10.1. The molecule has 3 heterocycles. The first-order valence-electron chi connectivity index (χ1n) is 9.92. The van der Waals surface area contributed by atoms with E-state index in [1.807, 2.05) is 62.0 Å². The van der Waals surface area contributed by atoms with Crippen LogP contribution in [0, 0.1) is 0 Å². The molecule has 7 heteroatoms. The van der Waals surface area contributed by atoms with E-state index >= 15 is 0 Å². The van der Waals surface area contributed by atoms with Crippen molar-refractivity contribution in [1.29, 1.82) is 0 Å². The maximum atomic E-state index is 6.21. The Morgan fingerprint density at radius 1 is 1.07 bits per heavy atom. The molecule has 1 fully saturated rings. The Labute approximate surface area is 174 Å². The van der Waals surface area contributed by atoms with Crippen LogP contribution in [0.4, 0.5) is 0 Å². The first-order chi connectivity index (χ1) is 14.2. The second-order valence-electron chi connectivity index (χ2n) is 7.58. The Kier molecular flexibility index (Phi) is 4.72. The molecular formula is C22H22ClN5O. The number of halogens is 1. The average Bonchev–Trinajstić information content (AvgIpc) is 3.33. The second kappa shape index (κ2) is 7.52. The van der Waals surface area contributed by atoms with E-state index < -0.39 is 0 Å². The normalized spacial score (nSPS) is 19.5. The molecule has 0 radical (unpaired) electrons. The van der Waals surface area contributed by atoms with Crippen molar-refractivity contribution in [3.8, 4) is 17.0 Å². The van der Waals surface area contributed by atoms with Gasteiger partial charge < -0.3 is 4.74 Å². The van der Waals surface area contributed by atoms with Crippen LogP contribution in [-0.2, 0) is 7.05 Å². The van der Waals surface area contributed by atoms with E-state index in [2.05, 4.69) is 14.8 Å². The van der Waals surface area contributed by atoms with Crippen LogP contribution >= 0.6 is 11.6 Å². The van der Waals surface area contributed by atoms with Gasteiger partial charge in [-0.2, -0.15) is 10.2 Å². The zero-order valence-corrected chi connectivity index (χ0v) is 17.0. The van der Waals surface area contributed by atoms with Crippen LogP contribution in [0.5, 0.6) is 5.75 Å². The lowest BCUT2D eigenvalue weighted by Crippen LogP contribution is -2.26. The molecule has 1 aromatic carbocycles. The lowest BCUT2D eigenvalue weighted by atomic mass is 9.93. The second-order valence-corrected chi connectivity index (χ2v) is 7.97. The molecule has 1 saturated carbocycles. The number of para-hydroxylation sites is 1. The molecule has 0 atom stereocenters. The molecule has 3 aromatic heterocycles. The van der Waals surface area contributed by atoms with Gasteiger partial charge in [-0.05, 0) is 37.8 Å². The van der Waals surface area contributed by atoms with Crippen LogP contribution in [0.15, 0.2) is 55.0 Å². The topological polar surface area (TPSA) is 57.8 Å². The Morgan fingerprint density at radius 2 is 1.86 bits per heavy atom. The number of nitrogens with zero attached hydrogens (tertiary/aromatic N) is 5. The van der Waals surface area contributed by atoms with Gasteiger partial charge in [0.1, 0.15) is 16.6 Å². The number of hydrogen-bond acceptors (Lipinski definition) is 4. The fourth-order valence-corrected chi connectivity index (χ4v) is 4.29. The molecule has 0 saturated heterocycles. The third-order valence-electron chi connectivity index (χ3n) is 5.57. The van der Waals surface area contributed by atoms with Gasteiger partial charge in [0.15, 0.2) is 0 Å². The maximum absolute atomic E-state index is 6.21. The van der Waals surface area contributed by atoms with Crippen LogP contribution in [0.1, 0.15) is 31.7 Å². The van der Waals surface area contributed by atoms with Gasteiger partial charge in [-0.25, -0.2) is 4.98 Å². The van der Waals surface area contributed by atoms with Crippen molar-refractivity contribution >= 4 is 22.5 Å². The molecular weight excluding hydrogens is 386 g/mol. The van der Waals surface area contributed by atoms with Crippen molar-refractivity contribution in [2.24, 2.45) is 7.05 Å². The Hall–Kier alpha value is -2.86. The number of ether oxygens (including phenoxy) is 1. The lowest BCUT2D eigenvalue weighted by molar-refractivity contribution is 0.131. The molecule has 1 aliphatic rings. The smallest absolute Gasteiger partial charge is 0.131 e. The molecule has 6 nitrogen and oxygen atoms in total. The van der Waals surface area contributed by atoms with Crippen molar-refractivity contribution in [2.45, 2.75) is 37.8 Å². The van der Waals surface area contributed by atoms with Crippen molar-refractivity contribution in [2.75, 3.05) is 0 Å². The van der Waals surface area contributed by atoms with Crippen molar-refractivity contribution in [1.82, 2.24) is 24.5 Å². The minimum absolute atomic E-state index is 0.249. The van der Waals surface area contributed by atoms with Crippen LogP contribution in [-0.4, -0.2) is 30.6 Å². The zero-order valence-electron chi connectivity index (χ0n) is 16.2. The van der Waals surface area contributed by atoms with Crippen LogP contribution in [0.2, 0.25) is 5.15 Å². The van der Waals surface area contributed by atoms with Gasteiger partial charge in [-0.1, -0.05) is 29.8 Å². The average molecular weight is 408 g/mol. The van der Waals surface area contributed by atoms with Gasteiger partial charge >= 0.3 is 0 Å². The van der Waals surface area contributed by atoms with E-state index in [4.69, 9.17) is 21.4 Å². The molecule has 4 aromatic rings. The molecule has 0 bridgehead atoms. The van der Waals surface area contributed by atoms with E-state index in [1.165, 1.54) is 0 Å². The highest BCUT2D eigenvalue weighted by molar-refractivity contribution is 6.30. The zero-order chi connectivity index (χ0) is 19.8. The molecule has 5 rings (SSSR count). The summed E-state index contributed by atoms with van der Waals surface area (Å²) in [6.45, 7) is 0. The summed E-state index contributed by atoms with van der Waals surface area (Å²) in [6, 6.07) is 12.3. The molecule has 0 aliphatic heterocycles. The minimum Gasteiger partial charge on any atom is -0.490 e. The number of fused-ring (bicyclic) bond motifs is 1. The van der Waals surface area contributed by atoms with Gasteiger partial charge in [0, 0.05) is 36.5 Å². The maximum Gasteiger partial charge on any atom is 0.131 e. The molecule has 148 valence electrons. The van der Waals surface area contributed by atoms with Crippen molar-refractivity contribution < 1.29 is 4.74 Å². The number of rotatable bonds is 4. The molecule has 0 spiro atoms. The SMILES string of the molecule is Cn1cc(-c2nn(C3CCC(Oc4ccccc4)CC3)c3cc(Cl)ncc23)cn1. The Bertz CT molecular complexity index is 1130. The summed E-state index contributed by atoms with van der Waals surface area (Å²) >= 11 is 6.21. The predicted octanol–water partition coefficient (Wildman–Crippen LogP) is 5.05. The molecule has 29 heavy (non-hydrogen) atoms. The monoisotopic (exact) mass is 407 g/mol. The first kappa shape index (κ1) is 18.2. The number of aromatic nitrogens is 5. The standard InChI is InChI=1S/C22H22ClN5O/c1-27-14-15(12-25-27)22-19-13-24-21(23)11-20(19)28(26-22)16-7-9-18(10-8-16)29-17-5-3-2-4-6-17/h2-6,11-14,16,18H,7-10H2,1H3. The highest BCUT2D eigenvalue weighted by Crippen LogP contribution is 2.36. The number of benzene rings is 1. The molecule has 1 aliphatic carbocycles. The van der Waals surface area contributed by atoms with Crippen LogP contribution in [0.3, 0.4) is 0 Å². The number of hydrogen-bond donors (Lipinski definition) is 0. The summed E-state index contributed by atoms with van der Waals surface area (Å²) in [4.78, 5) is 4.28. The van der Waals surface area contributed by atoms with Gasteiger partial charge in [-0.15, -0.1) is 0 Å². The Balaban J connectivity index is 1.41. The lowest BCUT2D eigenvalue weighted by Gasteiger charge is -2.29. The first-order valence-corrected chi connectivity index (χ1v) is 10.3. The largest absolute Gasteiger partial charge is 0.490 e. The summed E-state index contributed by atoms with van der Waals surface area (Å²) in [7, 11) is 1.91. The van der Waals surface area contributed by atoms with Gasteiger partial charge in [-0.3, -0.25) is 9.36 Å². The van der Waals surface area contributed by atoms with Gasteiger partial charge in [0.25, 0.3) is 0 Å². The van der Waals surface area contributed by atoms with Crippen LogP contribution in [0.25, 0.3) is 22.2 Å². The third-order valence-corrected chi connectivity index (χ3v) is 5.78. The van der Waals surface area contributed by atoms with Crippen LogP contribution < -0.4 is 4.74 Å². The number of pyridine rings is 1. The van der Waals surface area contributed by atoms with Gasteiger partial charge in [0.05, 0.1) is 23.9 Å². The predicted molar refractivity (Wildman–Crippen MR) is 113 cm³/mol. The van der Waals surface area contributed by atoms with E-state index in [0.29, 0.717) is 11.2 Å². The van der Waals surface area contributed by atoms with Gasteiger partial charge in [0.2, 0.25) is 0 Å². The van der Waals surface area contributed by atoms with E-state index in [9.17, 15) is 0 Å². The summed E-state index contributed by atoms with van der Waals surface area (Å²) in [5, 5.41) is 10.8. The Morgan fingerprint density at radius 3 is 2.59 bits per heavy atom. The number of aryl methyl sites for hydroxylation is 1. The highest BCUT2D eigenvalue weighted by Gasteiger charge is 2.27. The van der Waals surface area contributed by atoms with E-state index in [0.717, 1.165) is 53.6 Å². The molecule has 0 N–H and O–H groups in total. The summed E-state index contributed by atoms with van der Waals surface area (Å²) in [5.41, 5.74) is 2.91. The minimum atomic E-state index is 0.249. The highest BCUT2D eigenvalue weighted by atomic mass is 35.5. The fraction of sp³-hybridized carbons (Fsp3) is 0.318. The van der Waals surface area contributed by atoms with E-state index in [1.54, 1.807) is 4.68 Å². The van der Waals surface area contributed by atoms with Crippen molar-refractivity contribution in [3.63, 3.8) is 0 Å². The van der Waals surface area contributed by atoms with Crippen molar-refractivity contribution in [3.05, 3.63) is 60.1 Å². The summed E-state index contributed by atoms with van der Waals surface area (Å²) in [6.07, 6.45) is 9.91. The third kappa shape index (κ3) is 3.60. The fourth-order valence-electron chi connectivity index (χ4n) is 4.14. The van der Waals surface area contributed by atoms with E-state index in [-0.39, 0.29) is 6.10 Å². The summed E-state index contributed by atoms with van der Waals surface area (Å²) in [5.74, 6) is 0.942.